The second-order valence-electron chi connectivity index (χ2n) is 12.8. The SMILES string of the molecule is C[C@@H](CCNC(=O)O[C@H]1CO[C@H]2CCC[C@H]21)N(c1cc(C#CC(C)(C)C)sc1C(=O)O)C(=O)[C@H]1CC[C@H](C)CC1. The van der Waals surface area contributed by atoms with Crippen LogP contribution in [0.4, 0.5) is 10.5 Å². The summed E-state index contributed by atoms with van der Waals surface area (Å²) in [7, 11) is 0. The molecule has 3 aliphatic rings. The van der Waals surface area contributed by atoms with Crippen LogP contribution in [0.25, 0.3) is 0 Å². The molecule has 0 unspecified atom stereocenters. The Hall–Kier alpha value is -2.57. The van der Waals surface area contributed by atoms with Crippen LogP contribution < -0.4 is 10.2 Å². The topological polar surface area (TPSA) is 105 Å². The quantitative estimate of drug-likeness (QED) is 0.366. The molecule has 0 aromatic carbocycles. The van der Waals surface area contributed by atoms with Crippen molar-refractivity contribution in [2.24, 2.45) is 23.2 Å². The second-order valence-corrected chi connectivity index (χ2v) is 13.8. The van der Waals surface area contributed by atoms with Gasteiger partial charge in [-0.1, -0.05) is 25.2 Å². The lowest BCUT2D eigenvalue weighted by Crippen LogP contribution is -2.45. The van der Waals surface area contributed by atoms with Crippen molar-refractivity contribution < 1.29 is 29.0 Å². The van der Waals surface area contributed by atoms with Gasteiger partial charge < -0.3 is 24.8 Å². The van der Waals surface area contributed by atoms with Gasteiger partial charge in [0.15, 0.2) is 0 Å². The van der Waals surface area contributed by atoms with Crippen molar-refractivity contribution in [1.29, 1.82) is 0 Å². The van der Waals surface area contributed by atoms with Gasteiger partial charge in [-0.3, -0.25) is 4.79 Å². The Bertz CT molecular complexity index is 1140. The zero-order valence-corrected chi connectivity index (χ0v) is 25.3. The normalized spacial score (nSPS) is 26.8. The highest BCUT2D eigenvalue weighted by Gasteiger charge is 2.42. The number of carbonyl (C=O) groups is 3. The monoisotopic (exact) mass is 572 g/mol. The molecule has 8 nitrogen and oxygen atoms in total. The van der Waals surface area contributed by atoms with Crippen molar-refractivity contribution in [3.8, 4) is 11.8 Å². The number of thiophene rings is 1. The summed E-state index contributed by atoms with van der Waals surface area (Å²) >= 11 is 1.10. The maximum absolute atomic E-state index is 14.0. The molecule has 4 atom stereocenters. The first kappa shape index (κ1) is 30.4. The van der Waals surface area contributed by atoms with Crippen molar-refractivity contribution in [2.45, 2.75) is 104 Å². The third-order valence-corrected chi connectivity index (χ3v) is 9.34. The van der Waals surface area contributed by atoms with E-state index in [1.165, 1.54) is 0 Å². The molecule has 3 fully saturated rings. The van der Waals surface area contributed by atoms with Crippen LogP contribution in [-0.4, -0.2) is 54.5 Å². The summed E-state index contributed by atoms with van der Waals surface area (Å²) < 4.78 is 11.4. The molecule has 1 aromatic rings. The molecule has 2 aliphatic carbocycles. The number of carboxylic acids is 1. The summed E-state index contributed by atoms with van der Waals surface area (Å²) in [5.74, 6) is 5.87. The van der Waals surface area contributed by atoms with Crippen molar-refractivity contribution in [3.05, 3.63) is 15.8 Å². The molecule has 1 aliphatic heterocycles. The number of anilines is 1. The minimum Gasteiger partial charge on any atom is -0.477 e. The van der Waals surface area contributed by atoms with E-state index in [-0.39, 0.29) is 46.3 Å². The van der Waals surface area contributed by atoms with Gasteiger partial charge in [-0.2, -0.15) is 0 Å². The Morgan fingerprint density at radius 3 is 2.60 bits per heavy atom. The highest BCUT2D eigenvalue weighted by Crippen LogP contribution is 2.38. The van der Waals surface area contributed by atoms with E-state index in [4.69, 9.17) is 9.47 Å². The van der Waals surface area contributed by atoms with Crippen LogP contribution in [0.5, 0.6) is 0 Å². The number of hydrogen-bond donors (Lipinski definition) is 2. The maximum atomic E-state index is 14.0. The van der Waals surface area contributed by atoms with Crippen LogP contribution >= 0.6 is 11.3 Å². The van der Waals surface area contributed by atoms with Gasteiger partial charge in [-0.15, -0.1) is 11.3 Å². The molecule has 0 bridgehead atoms. The van der Waals surface area contributed by atoms with Gasteiger partial charge in [-0.25, -0.2) is 9.59 Å². The third-order valence-electron chi connectivity index (χ3n) is 8.32. The molecule has 0 spiro atoms. The lowest BCUT2D eigenvalue weighted by molar-refractivity contribution is -0.124. The Kier molecular flexibility index (Phi) is 9.84. The number of rotatable bonds is 8. The van der Waals surface area contributed by atoms with E-state index in [9.17, 15) is 19.5 Å². The zero-order chi connectivity index (χ0) is 29.0. The van der Waals surface area contributed by atoms with E-state index < -0.39 is 12.1 Å². The fourth-order valence-corrected chi connectivity index (χ4v) is 6.88. The molecule has 4 rings (SSSR count). The number of aromatic carboxylic acids is 1. The number of hydrogen-bond acceptors (Lipinski definition) is 6. The van der Waals surface area contributed by atoms with Crippen LogP contribution in [0, 0.1) is 35.0 Å². The Labute approximate surface area is 242 Å². The van der Waals surface area contributed by atoms with Crippen LogP contribution in [0.3, 0.4) is 0 Å². The smallest absolute Gasteiger partial charge is 0.407 e. The van der Waals surface area contributed by atoms with Gasteiger partial charge in [0.05, 0.1) is 23.3 Å². The summed E-state index contributed by atoms with van der Waals surface area (Å²) in [5.41, 5.74) is 0.156. The van der Waals surface area contributed by atoms with Gasteiger partial charge in [-0.05, 0) is 84.6 Å². The lowest BCUT2D eigenvalue weighted by Gasteiger charge is -2.35. The highest BCUT2D eigenvalue weighted by atomic mass is 32.1. The molecule has 0 radical (unpaired) electrons. The molecule has 2 N–H and O–H groups in total. The molecule has 1 saturated heterocycles. The van der Waals surface area contributed by atoms with Crippen molar-refractivity contribution in [2.75, 3.05) is 18.1 Å². The standard InChI is InChI=1S/C31H44N2O6S/c1-19-9-11-21(12-10-19)28(34)33(24-17-22(13-15-31(3,4)5)40-27(24)29(35)36)20(2)14-16-32-30(37)39-26-18-38-25-8-6-7-23(25)26/h17,19-21,23,25-26H,6-12,14,16,18H2,1-5H3,(H,32,37)(H,35,36)/t19-,20-,21-,23+,25-,26-/m0/s1. The van der Waals surface area contributed by atoms with Crippen molar-refractivity contribution in [1.82, 2.24) is 5.32 Å². The van der Waals surface area contributed by atoms with Crippen molar-refractivity contribution in [3.63, 3.8) is 0 Å². The average molecular weight is 573 g/mol. The first-order valence-corrected chi connectivity index (χ1v) is 15.5. The largest absolute Gasteiger partial charge is 0.477 e. The Morgan fingerprint density at radius 1 is 1.20 bits per heavy atom. The van der Waals surface area contributed by atoms with Gasteiger partial charge in [0.1, 0.15) is 11.0 Å². The minimum absolute atomic E-state index is 0.0482. The van der Waals surface area contributed by atoms with E-state index >= 15 is 0 Å². The molecular weight excluding hydrogens is 528 g/mol. The maximum Gasteiger partial charge on any atom is 0.407 e. The van der Waals surface area contributed by atoms with E-state index in [0.717, 1.165) is 56.3 Å². The van der Waals surface area contributed by atoms with Gasteiger partial charge in [0, 0.05) is 29.8 Å². The van der Waals surface area contributed by atoms with E-state index in [1.807, 2.05) is 27.7 Å². The Morgan fingerprint density at radius 2 is 1.93 bits per heavy atom. The Balaban J connectivity index is 1.48. The molecule has 220 valence electrons. The number of carbonyl (C=O) groups excluding carboxylic acids is 2. The predicted molar refractivity (Wildman–Crippen MR) is 156 cm³/mol. The molecule has 40 heavy (non-hydrogen) atoms. The first-order chi connectivity index (χ1) is 18.9. The van der Waals surface area contributed by atoms with Crippen LogP contribution in [0.2, 0.25) is 0 Å². The molecule has 9 heteroatoms. The fraction of sp³-hybridized carbons (Fsp3) is 0.710. The molecular formula is C31H44N2O6S. The molecule has 2 saturated carbocycles. The van der Waals surface area contributed by atoms with Gasteiger partial charge in [0.2, 0.25) is 5.91 Å². The summed E-state index contributed by atoms with van der Waals surface area (Å²) in [5, 5.41) is 12.9. The number of nitrogens with one attached hydrogen (secondary N) is 1. The van der Waals surface area contributed by atoms with Crippen LogP contribution in [-0.2, 0) is 14.3 Å². The number of amides is 2. The van der Waals surface area contributed by atoms with E-state index in [1.54, 1.807) is 11.0 Å². The molecule has 2 amide bonds. The summed E-state index contributed by atoms with van der Waals surface area (Å²) in [4.78, 5) is 41.2. The molecule has 1 aromatic heterocycles. The number of alkyl carbamates (subject to hydrolysis) is 1. The predicted octanol–water partition coefficient (Wildman–Crippen LogP) is 6.08. The molecule has 2 heterocycles. The van der Waals surface area contributed by atoms with Gasteiger partial charge in [0.25, 0.3) is 0 Å². The zero-order valence-electron chi connectivity index (χ0n) is 24.5. The van der Waals surface area contributed by atoms with Crippen molar-refractivity contribution >= 4 is 35.0 Å². The number of nitrogens with zero attached hydrogens (tertiary/aromatic N) is 1. The number of ether oxygens (including phenoxy) is 2. The third kappa shape index (κ3) is 7.58. The first-order valence-electron chi connectivity index (χ1n) is 14.7. The number of carboxylic acid groups (broad SMARTS) is 1. The lowest BCUT2D eigenvalue weighted by atomic mass is 9.82. The van der Waals surface area contributed by atoms with E-state index in [2.05, 4.69) is 24.1 Å². The summed E-state index contributed by atoms with van der Waals surface area (Å²) in [6.07, 6.45) is 6.66. The summed E-state index contributed by atoms with van der Waals surface area (Å²) in [6, 6.07) is 1.41. The average Bonchev–Trinajstić information content (AvgIpc) is 3.60. The fourth-order valence-electron chi connectivity index (χ4n) is 6.04. The minimum atomic E-state index is -1.07. The van der Waals surface area contributed by atoms with E-state index in [0.29, 0.717) is 36.1 Å². The van der Waals surface area contributed by atoms with Crippen LogP contribution in [0.15, 0.2) is 6.07 Å². The summed E-state index contributed by atoms with van der Waals surface area (Å²) in [6.45, 7) is 10.9. The second kappa shape index (κ2) is 12.9. The van der Waals surface area contributed by atoms with Crippen LogP contribution in [0.1, 0.15) is 101 Å². The number of fused-ring (bicyclic) bond motifs is 1. The highest BCUT2D eigenvalue weighted by molar-refractivity contribution is 7.15. The van der Waals surface area contributed by atoms with Gasteiger partial charge >= 0.3 is 12.1 Å².